The van der Waals surface area contributed by atoms with Crippen molar-refractivity contribution in [1.82, 2.24) is 20.0 Å². The molecule has 2 aliphatic rings. The van der Waals surface area contributed by atoms with Crippen molar-refractivity contribution in [3.63, 3.8) is 0 Å². The van der Waals surface area contributed by atoms with Crippen LogP contribution in [0, 0.1) is 0 Å². The number of hydrogen-bond acceptors (Lipinski definition) is 6. The number of aromatic nitrogens is 4. The van der Waals surface area contributed by atoms with E-state index in [4.69, 9.17) is 4.74 Å². The molecule has 1 aromatic carbocycles. The predicted octanol–water partition coefficient (Wildman–Crippen LogP) is 3.00. The highest BCUT2D eigenvalue weighted by molar-refractivity contribution is 5.93. The monoisotopic (exact) mass is 423 g/mol. The zero-order valence-electron chi connectivity index (χ0n) is 18.3. The average Bonchev–Trinajstić information content (AvgIpc) is 3.34. The number of nitrogens with zero attached hydrogens (tertiary/aromatic N) is 4. The number of aliphatic hydroxyl groups is 1. The van der Waals surface area contributed by atoms with E-state index in [9.17, 15) is 9.90 Å². The fourth-order valence-electron chi connectivity index (χ4n) is 4.25. The summed E-state index contributed by atoms with van der Waals surface area (Å²) in [7, 11) is 1.67. The third-order valence-corrected chi connectivity index (χ3v) is 6.54. The quantitative estimate of drug-likeness (QED) is 0.670. The van der Waals surface area contributed by atoms with E-state index in [1.165, 1.54) is 4.68 Å². The van der Waals surface area contributed by atoms with E-state index in [1.54, 1.807) is 7.05 Å². The van der Waals surface area contributed by atoms with Gasteiger partial charge >= 0.3 is 0 Å². The minimum Gasteiger partial charge on any atom is -0.488 e. The number of H-pyrrole nitrogens is 1. The Bertz CT molecular complexity index is 1190. The molecule has 8 nitrogen and oxygen atoms in total. The molecule has 3 aromatic rings. The first-order valence-electron chi connectivity index (χ1n) is 11.0. The van der Waals surface area contributed by atoms with Gasteiger partial charge in [0.2, 0.25) is 0 Å². The molecule has 8 heteroatoms. The number of fused-ring (bicyclic) bond motifs is 1. The van der Waals surface area contributed by atoms with Gasteiger partial charge in [-0.3, -0.25) is 9.89 Å². The van der Waals surface area contributed by atoms with Crippen LogP contribution in [0.3, 0.4) is 0 Å². The van der Waals surface area contributed by atoms with Crippen molar-refractivity contribution in [3.8, 4) is 17.1 Å². The topological polar surface area (TPSA) is 96.3 Å². The van der Waals surface area contributed by atoms with Gasteiger partial charge in [-0.25, -0.2) is 4.68 Å². The Kier molecular flexibility index (Phi) is 4.58. The summed E-state index contributed by atoms with van der Waals surface area (Å²) in [6, 6.07) is 7.74. The molecule has 0 unspecified atom stereocenters. The molecule has 1 aliphatic heterocycles. The number of rotatable bonds is 4. The standard InChI is InChI=1S/C23H29N5O3/c1-22(30)7-4-11-28(12-10-22)19-14-18(26-27(3)21(19)29)20-16-13-15(31-23(2)8-9-23)5-6-17(16)24-25-20/h5-6,13-14,30H,4,7-12H2,1-3H3,(H,24,25)/t22-/m0/s1. The van der Waals surface area contributed by atoms with Gasteiger partial charge in [0, 0.05) is 25.5 Å². The third-order valence-electron chi connectivity index (χ3n) is 6.54. The molecule has 2 fully saturated rings. The molecule has 1 saturated carbocycles. The molecule has 1 saturated heterocycles. The Morgan fingerprint density at radius 1 is 1.13 bits per heavy atom. The minimum atomic E-state index is -0.692. The fourth-order valence-corrected chi connectivity index (χ4v) is 4.25. The molecular formula is C23H29N5O3. The Hall–Kier alpha value is -2.87. The van der Waals surface area contributed by atoms with Crippen molar-refractivity contribution in [2.75, 3.05) is 18.0 Å². The summed E-state index contributed by atoms with van der Waals surface area (Å²) in [5, 5.41) is 23.4. The summed E-state index contributed by atoms with van der Waals surface area (Å²) in [5.41, 5.74) is 1.92. The summed E-state index contributed by atoms with van der Waals surface area (Å²) in [6.07, 6.45) is 4.32. The van der Waals surface area contributed by atoms with Crippen LogP contribution in [-0.4, -0.2) is 49.4 Å². The second-order valence-electron chi connectivity index (χ2n) is 9.51. The Labute approximate surface area is 180 Å². The SMILES string of the molecule is Cn1nc(-c2n[nH]c3ccc(OC4(C)CC4)cc23)cc(N2CCC[C@](C)(O)CC2)c1=O. The highest BCUT2D eigenvalue weighted by atomic mass is 16.5. The molecule has 31 heavy (non-hydrogen) atoms. The molecule has 1 atom stereocenters. The lowest BCUT2D eigenvalue weighted by atomic mass is 9.98. The van der Waals surface area contributed by atoms with Gasteiger partial charge in [-0.1, -0.05) is 0 Å². The first-order valence-corrected chi connectivity index (χ1v) is 11.0. The minimum absolute atomic E-state index is 0.0619. The molecule has 3 heterocycles. The second kappa shape index (κ2) is 7.09. The number of anilines is 1. The van der Waals surface area contributed by atoms with Gasteiger partial charge in [-0.05, 0) is 70.2 Å². The summed E-state index contributed by atoms with van der Waals surface area (Å²) in [5.74, 6) is 0.815. The predicted molar refractivity (Wildman–Crippen MR) is 120 cm³/mol. The van der Waals surface area contributed by atoms with Crippen LogP contribution in [0.25, 0.3) is 22.3 Å². The van der Waals surface area contributed by atoms with E-state index >= 15 is 0 Å². The van der Waals surface area contributed by atoms with Gasteiger partial charge in [-0.2, -0.15) is 10.2 Å². The number of hydrogen-bond donors (Lipinski definition) is 2. The fraction of sp³-hybridized carbons (Fsp3) is 0.522. The highest BCUT2D eigenvalue weighted by Crippen LogP contribution is 2.40. The van der Waals surface area contributed by atoms with E-state index in [1.807, 2.05) is 31.2 Å². The molecule has 1 aliphatic carbocycles. The Morgan fingerprint density at radius 2 is 1.94 bits per heavy atom. The van der Waals surface area contributed by atoms with E-state index in [0.717, 1.165) is 48.9 Å². The molecule has 5 rings (SSSR count). The van der Waals surface area contributed by atoms with E-state index in [2.05, 4.69) is 27.1 Å². The number of ether oxygens (including phenoxy) is 1. The van der Waals surface area contributed by atoms with E-state index in [-0.39, 0.29) is 11.2 Å². The number of aryl methyl sites for hydroxylation is 1. The molecule has 2 N–H and O–H groups in total. The zero-order valence-corrected chi connectivity index (χ0v) is 18.3. The van der Waals surface area contributed by atoms with E-state index < -0.39 is 5.60 Å². The first kappa shape index (κ1) is 20.1. The number of nitrogens with one attached hydrogen (secondary N) is 1. The lowest BCUT2D eigenvalue weighted by Gasteiger charge is -2.24. The first-order chi connectivity index (χ1) is 14.7. The van der Waals surface area contributed by atoms with Crippen molar-refractivity contribution in [2.24, 2.45) is 7.05 Å². The molecule has 0 radical (unpaired) electrons. The maximum atomic E-state index is 12.9. The summed E-state index contributed by atoms with van der Waals surface area (Å²) < 4.78 is 7.50. The van der Waals surface area contributed by atoms with Crippen molar-refractivity contribution >= 4 is 16.6 Å². The second-order valence-corrected chi connectivity index (χ2v) is 9.51. The lowest BCUT2D eigenvalue weighted by Crippen LogP contribution is -2.34. The summed E-state index contributed by atoms with van der Waals surface area (Å²) in [4.78, 5) is 15.0. The smallest absolute Gasteiger partial charge is 0.290 e. The van der Waals surface area contributed by atoms with Crippen LogP contribution in [0.2, 0.25) is 0 Å². The summed E-state index contributed by atoms with van der Waals surface area (Å²) in [6.45, 7) is 5.34. The average molecular weight is 424 g/mol. The van der Waals surface area contributed by atoms with Crippen molar-refractivity contribution in [3.05, 3.63) is 34.6 Å². The van der Waals surface area contributed by atoms with Gasteiger partial charge in [0.25, 0.3) is 5.56 Å². The van der Waals surface area contributed by atoms with Gasteiger partial charge in [-0.15, -0.1) is 0 Å². The molecular weight excluding hydrogens is 394 g/mol. The Balaban J connectivity index is 1.54. The van der Waals surface area contributed by atoms with Crippen LogP contribution >= 0.6 is 0 Å². The lowest BCUT2D eigenvalue weighted by molar-refractivity contribution is 0.0481. The van der Waals surface area contributed by atoms with Gasteiger partial charge in [0.1, 0.15) is 28.4 Å². The van der Waals surface area contributed by atoms with Crippen LogP contribution in [-0.2, 0) is 7.05 Å². The largest absolute Gasteiger partial charge is 0.488 e. The maximum Gasteiger partial charge on any atom is 0.290 e. The van der Waals surface area contributed by atoms with Gasteiger partial charge in [0.05, 0.1) is 11.1 Å². The third kappa shape index (κ3) is 3.92. The zero-order chi connectivity index (χ0) is 21.8. The Morgan fingerprint density at radius 3 is 2.71 bits per heavy atom. The molecule has 0 bridgehead atoms. The molecule has 164 valence electrons. The molecule has 0 spiro atoms. The van der Waals surface area contributed by atoms with Crippen LogP contribution in [0.1, 0.15) is 46.0 Å². The van der Waals surface area contributed by atoms with E-state index in [0.29, 0.717) is 30.0 Å². The maximum absolute atomic E-state index is 12.9. The van der Waals surface area contributed by atoms with Crippen molar-refractivity contribution in [2.45, 2.75) is 57.2 Å². The molecule has 0 amide bonds. The number of aromatic amines is 1. The molecule has 2 aromatic heterocycles. The normalized spacial score (nSPS) is 23.0. The van der Waals surface area contributed by atoms with Crippen LogP contribution in [0.5, 0.6) is 5.75 Å². The van der Waals surface area contributed by atoms with Crippen LogP contribution in [0.4, 0.5) is 5.69 Å². The van der Waals surface area contributed by atoms with Gasteiger partial charge in [0.15, 0.2) is 0 Å². The van der Waals surface area contributed by atoms with Crippen LogP contribution < -0.4 is 15.2 Å². The summed E-state index contributed by atoms with van der Waals surface area (Å²) >= 11 is 0. The van der Waals surface area contributed by atoms with Crippen molar-refractivity contribution < 1.29 is 9.84 Å². The highest BCUT2D eigenvalue weighted by Gasteiger charge is 2.40. The van der Waals surface area contributed by atoms with Crippen LogP contribution in [0.15, 0.2) is 29.1 Å². The van der Waals surface area contributed by atoms with Crippen molar-refractivity contribution in [1.29, 1.82) is 0 Å². The van der Waals surface area contributed by atoms with Gasteiger partial charge < -0.3 is 14.7 Å². The number of benzene rings is 1.